The van der Waals surface area contributed by atoms with Crippen LogP contribution >= 0.6 is 0 Å². The van der Waals surface area contributed by atoms with Crippen molar-refractivity contribution < 1.29 is 27.1 Å². The zero-order valence-corrected chi connectivity index (χ0v) is 22.1. The largest absolute Gasteiger partial charge is 0.457 e. The van der Waals surface area contributed by atoms with E-state index in [4.69, 9.17) is 4.74 Å². The molecule has 1 amide bonds. The number of hydrogen-bond acceptors (Lipinski definition) is 5. The number of sulfone groups is 1. The van der Waals surface area contributed by atoms with Gasteiger partial charge in [0, 0.05) is 23.8 Å². The summed E-state index contributed by atoms with van der Waals surface area (Å²) in [6.07, 6.45) is 4.00. The number of carbonyl (C=O) groups excluding carboxylic acids is 2. The summed E-state index contributed by atoms with van der Waals surface area (Å²) in [6, 6.07) is 22.6. The molecule has 200 valence electrons. The maximum absolute atomic E-state index is 13.3. The first kappa shape index (κ1) is 27.5. The Labute approximate surface area is 223 Å². The molecule has 0 heterocycles. The Balaban J connectivity index is 1.42. The highest BCUT2D eigenvalue weighted by Gasteiger charge is 2.33. The minimum atomic E-state index is -3.41. The quantitative estimate of drug-likeness (QED) is 0.347. The van der Waals surface area contributed by atoms with Crippen molar-refractivity contribution in [3.8, 4) is 11.5 Å². The van der Waals surface area contributed by atoms with E-state index in [0.717, 1.165) is 18.2 Å². The summed E-state index contributed by atoms with van der Waals surface area (Å²) in [5.41, 5.74) is 1.75. The van der Waals surface area contributed by atoms with Crippen LogP contribution in [-0.2, 0) is 25.8 Å². The van der Waals surface area contributed by atoms with Crippen molar-refractivity contribution in [1.29, 1.82) is 0 Å². The van der Waals surface area contributed by atoms with Gasteiger partial charge in [-0.25, -0.2) is 12.8 Å². The lowest BCUT2D eigenvalue weighted by Crippen LogP contribution is -2.24. The van der Waals surface area contributed by atoms with Crippen LogP contribution in [0.3, 0.4) is 0 Å². The molecule has 1 aliphatic rings. The van der Waals surface area contributed by atoms with E-state index in [-0.39, 0.29) is 35.3 Å². The molecular formula is C30H32FNO5S. The Hall–Kier alpha value is -3.52. The van der Waals surface area contributed by atoms with Gasteiger partial charge in [-0.3, -0.25) is 9.59 Å². The smallest absolute Gasteiger partial charge is 0.227 e. The van der Waals surface area contributed by atoms with Crippen LogP contribution in [0.4, 0.5) is 10.1 Å². The van der Waals surface area contributed by atoms with Gasteiger partial charge >= 0.3 is 0 Å². The van der Waals surface area contributed by atoms with Gasteiger partial charge < -0.3 is 10.1 Å². The number of nitrogens with one attached hydrogen (secondary N) is 1. The summed E-state index contributed by atoms with van der Waals surface area (Å²) in [6.45, 7) is 0. The SMILES string of the molecule is CS(=O)(=O)CC(=O)C1CCC(C(=O)Nc2ccc(Oc3ccc(F)cc3)cc2)CC(Cc2ccccc2)C1. The summed E-state index contributed by atoms with van der Waals surface area (Å²) in [7, 11) is -3.41. The fourth-order valence-corrected chi connectivity index (χ4v) is 5.80. The summed E-state index contributed by atoms with van der Waals surface area (Å²) >= 11 is 0. The number of halogens is 1. The molecule has 1 fully saturated rings. The van der Waals surface area contributed by atoms with Gasteiger partial charge in [-0.2, -0.15) is 0 Å². The Morgan fingerprint density at radius 3 is 2.08 bits per heavy atom. The fraction of sp³-hybridized carbons (Fsp3) is 0.333. The van der Waals surface area contributed by atoms with Crippen LogP contribution in [0.5, 0.6) is 11.5 Å². The van der Waals surface area contributed by atoms with Crippen LogP contribution in [0, 0.1) is 23.6 Å². The lowest BCUT2D eigenvalue weighted by atomic mass is 9.85. The van der Waals surface area contributed by atoms with Gasteiger partial charge in [-0.05, 0) is 92.1 Å². The van der Waals surface area contributed by atoms with Crippen molar-refractivity contribution in [3.63, 3.8) is 0 Å². The molecule has 3 aromatic carbocycles. The molecule has 0 aromatic heterocycles. The molecule has 3 aromatic rings. The molecule has 0 saturated heterocycles. The van der Waals surface area contributed by atoms with Crippen LogP contribution in [0.15, 0.2) is 78.9 Å². The minimum absolute atomic E-state index is 0.0793. The van der Waals surface area contributed by atoms with E-state index >= 15 is 0 Å². The lowest BCUT2D eigenvalue weighted by molar-refractivity contribution is -0.122. The summed E-state index contributed by atoms with van der Waals surface area (Å²) in [5.74, 6) is -0.713. The average Bonchev–Trinajstić information content (AvgIpc) is 3.09. The van der Waals surface area contributed by atoms with Crippen molar-refractivity contribution >= 4 is 27.2 Å². The van der Waals surface area contributed by atoms with Gasteiger partial charge in [0.2, 0.25) is 5.91 Å². The van der Waals surface area contributed by atoms with Crippen LogP contribution < -0.4 is 10.1 Å². The maximum Gasteiger partial charge on any atom is 0.227 e. The second-order valence-corrected chi connectivity index (χ2v) is 12.2. The molecule has 0 aliphatic heterocycles. The van der Waals surface area contributed by atoms with Crippen molar-refractivity contribution in [3.05, 3.63) is 90.2 Å². The first-order valence-electron chi connectivity index (χ1n) is 12.7. The number of rotatable bonds is 9. The third-order valence-electron chi connectivity index (χ3n) is 6.87. The van der Waals surface area contributed by atoms with Crippen LogP contribution in [0.2, 0.25) is 0 Å². The third-order valence-corrected chi connectivity index (χ3v) is 7.68. The number of carbonyl (C=O) groups is 2. The van der Waals surface area contributed by atoms with Crippen molar-refractivity contribution in [2.75, 3.05) is 17.3 Å². The molecule has 1 saturated carbocycles. The maximum atomic E-state index is 13.3. The predicted molar refractivity (Wildman–Crippen MR) is 145 cm³/mol. The van der Waals surface area contributed by atoms with Crippen molar-refractivity contribution in [2.45, 2.75) is 32.1 Å². The second kappa shape index (κ2) is 12.3. The Kier molecular flexibility index (Phi) is 8.94. The second-order valence-electron chi connectivity index (χ2n) is 10.1. The number of ketones is 1. The zero-order chi connectivity index (χ0) is 27.1. The van der Waals surface area contributed by atoms with Gasteiger partial charge in [-0.15, -0.1) is 0 Å². The third kappa shape index (κ3) is 8.25. The molecule has 0 spiro atoms. The zero-order valence-electron chi connectivity index (χ0n) is 21.3. The van der Waals surface area contributed by atoms with E-state index in [1.807, 2.05) is 30.3 Å². The molecule has 6 nitrogen and oxygen atoms in total. The van der Waals surface area contributed by atoms with Gasteiger partial charge in [0.05, 0.1) is 0 Å². The molecule has 8 heteroatoms. The van der Waals surface area contributed by atoms with Crippen molar-refractivity contribution in [1.82, 2.24) is 0 Å². The monoisotopic (exact) mass is 537 g/mol. The molecule has 4 rings (SSSR count). The number of hydrogen-bond donors (Lipinski definition) is 1. The van der Waals surface area contributed by atoms with E-state index in [9.17, 15) is 22.4 Å². The molecule has 0 radical (unpaired) electrons. The highest BCUT2D eigenvalue weighted by molar-refractivity contribution is 7.91. The lowest BCUT2D eigenvalue weighted by Gasteiger charge is -2.21. The molecule has 3 unspecified atom stereocenters. The number of ether oxygens (including phenoxy) is 1. The topological polar surface area (TPSA) is 89.5 Å². The van der Waals surface area contributed by atoms with Gasteiger partial charge in [0.1, 0.15) is 23.1 Å². The number of benzene rings is 3. The molecule has 38 heavy (non-hydrogen) atoms. The average molecular weight is 538 g/mol. The minimum Gasteiger partial charge on any atom is -0.457 e. The Morgan fingerprint density at radius 2 is 1.45 bits per heavy atom. The van der Waals surface area contributed by atoms with E-state index in [1.165, 1.54) is 24.3 Å². The summed E-state index contributed by atoms with van der Waals surface area (Å²) < 4.78 is 42.3. The highest BCUT2D eigenvalue weighted by atomic mass is 32.2. The van der Waals surface area contributed by atoms with E-state index < -0.39 is 15.6 Å². The molecule has 1 N–H and O–H groups in total. The summed E-state index contributed by atoms with van der Waals surface area (Å²) in [5, 5.41) is 2.98. The molecular weight excluding hydrogens is 505 g/mol. The first-order valence-corrected chi connectivity index (χ1v) is 14.8. The van der Waals surface area contributed by atoms with E-state index in [1.54, 1.807) is 24.3 Å². The van der Waals surface area contributed by atoms with Gasteiger partial charge in [0.15, 0.2) is 15.6 Å². The van der Waals surface area contributed by atoms with E-state index in [0.29, 0.717) is 42.9 Å². The summed E-state index contributed by atoms with van der Waals surface area (Å²) in [4.78, 5) is 26.1. The Morgan fingerprint density at radius 1 is 0.868 bits per heavy atom. The number of anilines is 1. The normalized spacial score (nSPS) is 19.8. The van der Waals surface area contributed by atoms with Crippen LogP contribution in [0.25, 0.3) is 0 Å². The van der Waals surface area contributed by atoms with Gasteiger partial charge in [0.25, 0.3) is 0 Å². The highest BCUT2D eigenvalue weighted by Crippen LogP contribution is 2.35. The van der Waals surface area contributed by atoms with E-state index in [2.05, 4.69) is 5.32 Å². The molecule has 1 aliphatic carbocycles. The Bertz CT molecular complexity index is 1340. The van der Waals surface area contributed by atoms with Crippen LogP contribution in [0.1, 0.15) is 31.2 Å². The predicted octanol–water partition coefficient (Wildman–Crippen LogP) is 5.84. The molecule has 3 atom stereocenters. The molecule has 0 bridgehead atoms. The van der Waals surface area contributed by atoms with Crippen LogP contribution in [-0.4, -0.2) is 32.1 Å². The standard InChI is InChI=1S/C30H32FNO5S/c1-38(35,36)20-29(33)23-7-8-24(19-22(18-23)17-21-5-3-2-4-6-21)30(34)32-26-11-15-28(16-12-26)37-27-13-9-25(31)10-14-27/h2-6,9-16,22-24H,7-8,17-20H2,1H3,(H,32,34). The fourth-order valence-electron chi connectivity index (χ4n) is 5.05. The van der Waals surface area contributed by atoms with Crippen molar-refractivity contribution in [2.24, 2.45) is 17.8 Å². The van der Waals surface area contributed by atoms with Gasteiger partial charge in [-0.1, -0.05) is 30.3 Å². The number of amides is 1. The number of Topliss-reactive ketones (excluding diaryl/α,β-unsaturated/α-hetero) is 1. The first-order chi connectivity index (χ1) is 18.1.